The molecule has 0 saturated carbocycles. The zero-order chi connectivity index (χ0) is 31.5. The SMILES string of the molecule is C=C(C)COc1cc(-c2ccc(OC(=O)C(=C)C)cc2)c(OCC(=C)C)cc1-c1ccc(O/C=C/OC(=O)C(=C)C)cc1. The van der Waals surface area contributed by atoms with Crippen LogP contribution >= 0.6 is 0 Å². The molecule has 0 aromatic heterocycles. The van der Waals surface area contributed by atoms with Gasteiger partial charge in [-0.3, -0.25) is 0 Å². The fourth-order valence-corrected chi connectivity index (χ4v) is 3.56. The smallest absolute Gasteiger partial charge is 0.338 e. The molecule has 0 spiro atoms. The first kappa shape index (κ1) is 32.2. The lowest BCUT2D eigenvalue weighted by Gasteiger charge is -2.19. The number of benzene rings is 3. The monoisotopic (exact) mass is 580 g/mol. The molecule has 0 amide bonds. The number of carbonyl (C=O) groups is 2. The number of hydrogen-bond acceptors (Lipinski definition) is 7. The summed E-state index contributed by atoms with van der Waals surface area (Å²) in [5.41, 5.74) is 5.60. The summed E-state index contributed by atoms with van der Waals surface area (Å²) in [5.74, 6) is 1.17. The van der Waals surface area contributed by atoms with Gasteiger partial charge in [0.1, 0.15) is 48.7 Å². The standard InChI is InChI=1S/C36H36O7/c1-23(2)21-41-33-20-32(28-11-15-30(16-12-28)43-36(38)26(7)8)34(42-22-24(3)4)19-31(33)27-9-13-29(14-10-27)39-17-18-40-35(37)25(5)6/h9-20H,1,3,5,7,21-22H2,2,4,6,8H3/b18-17+. The topological polar surface area (TPSA) is 80.3 Å². The van der Waals surface area contributed by atoms with Crippen LogP contribution in [0.15, 0.2) is 122 Å². The second-order valence-corrected chi connectivity index (χ2v) is 10.1. The zero-order valence-corrected chi connectivity index (χ0v) is 25.0. The molecule has 0 heterocycles. The first-order valence-electron chi connectivity index (χ1n) is 13.4. The fraction of sp³-hybridized carbons (Fsp3) is 0.167. The Morgan fingerprint density at radius 3 is 1.49 bits per heavy atom. The minimum atomic E-state index is -0.534. The maximum atomic E-state index is 11.9. The average Bonchev–Trinajstić information content (AvgIpc) is 2.97. The lowest BCUT2D eigenvalue weighted by atomic mass is 9.97. The number of rotatable bonds is 14. The Hall–Kier alpha value is -5.30. The molecule has 222 valence electrons. The molecule has 7 heteroatoms. The van der Waals surface area contributed by atoms with Gasteiger partial charge in [-0.1, -0.05) is 50.6 Å². The minimum absolute atomic E-state index is 0.289. The number of esters is 2. The second kappa shape index (κ2) is 15.1. The van der Waals surface area contributed by atoms with Crippen LogP contribution in [0.2, 0.25) is 0 Å². The molecule has 0 fully saturated rings. The van der Waals surface area contributed by atoms with Crippen LogP contribution in [0.5, 0.6) is 23.0 Å². The Bertz CT molecular complexity index is 1560. The van der Waals surface area contributed by atoms with Crippen molar-refractivity contribution >= 4 is 11.9 Å². The molecule has 0 N–H and O–H groups in total. The van der Waals surface area contributed by atoms with Gasteiger partial charge in [0, 0.05) is 22.3 Å². The number of hydrogen-bond donors (Lipinski definition) is 0. The summed E-state index contributed by atoms with van der Waals surface area (Å²) < 4.78 is 28.2. The zero-order valence-electron chi connectivity index (χ0n) is 25.0. The van der Waals surface area contributed by atoms with Crippen molar-refractivity contribution in [1.29, 1.82) is 0 Å². The van der Waals surface area contributed by atoms with Crippen LogP contribution in [-0.4, -0.2) is 25.2 Å². The maximum Gasteiger partial charge on any atom is 0.338 e. The summed E-state index contributed by atoms with van der Waals surface area (Å²) in [6, 6.07) is 18.3. The molecular formula is C36H36O7. The number of carbonyl (C=O) groups excluding carboxylic acids is 2. The third-order valence-electron chi connectivity index (χ3n) is 5.70. The summed E-state index contributed by atoms with van der Waals surface area (Å²) in [7, 11) is 0. The van der Waals surface area contributed by atoms with Crippen LogP contribution in [0.1, 0.15) is 27.7 Å². The van der Waals surface area contributed by atoms with Crippen molar-refractivity contribution in [1.82, 2.24) is 0 Å². The van der Waals surface area contributed by atoms with E-state index in [2.05, 4.69) is 26.3 Å². The first-order chi connectivity index (χ1) is 20.4. The van der Waals surface area contributed by atoms with Gasteiger partial charge in [0.05, 0.1) is 0 Å². The highest BCUT2D eigenvalue weighted by atomic mass is 16.5. The number of ether oxygens (including phenoxy) is 5. The van der Waals surface area contributed by atoms with Crippen molar-refractivity contribution in [2.24, 2.45) is 0 Å². The summed E-state index contributed by atoms with van der Waals surface area (Å²) in [6.45, 7) is 22.7. The summed E-state index contributed by atoms with van der Waals surface area (Å²) in [4.78, 5) is 23.4. The molecule has 0 unspecified atom stereocenters. The second-order valence-electron chi connectivity index (χ2n) is 10.1. The molecule has 3 aromatic carbocycles. The lowest BCUT2D eigenvalue weighted by Crippen LogP contribution is -2.08. The van der Waals surface area contributed by atoms with E-state index >= 15 is 0 Å². The van der Waals surface area contributed by atoms with Crippen molar-refractivity contribution < 1.29 is 33.3 Å². The molecule has 0 bridgehead atoms. The predicted molar refractivity (Wildman–Crippen MR) is 169 cm³/mol. The molecule has 43 heavy (non-hydrogen) atoms. The third-order valence-corrected chi connectivity index (χ3v) is 5.70. The van der Waals surface area contributed by atoms with E-state index in [1.807, 2.05) is 50.2 Å². The lowest BCUT2D eigenvalue weighted by molar-refractivity contribution is -0.133. The Morgan fingerprint density at radius 1 is 0.628 bits per heavy atom. The highest BCUT2D eigenvalue weighted by Crippen LogP contribution is 2.42. The van der Waals surface area contributed by atoms with Crippen LogP contribution in [0.3, 0.4) is 0 Å². The van der Waals surface area contributed by atoms with E-state index in [1.54, 1.807) is 38.1 Å². The van der Waals surface area contributed by atoms with Gasteiger partial charge >= 0.3 is 11.9 Å². The first-order valence-corrected chi connectivity index (χ1v) is 13.4. The molecule has 0 radical (unpaired) electrons. The highest BCUT2D eigenvalue weighted by molar-refractivity contribution is 5.89. The van der Waals surface area contributed by atoms with E-state index in [1.165, 1.54) is 6.26 Å². The molecule has 7 nitrogen and oxygen atoms in total. The molecule has 3 rings (SSSR count). The fourth-order valence-electron chi connectivity index (χ4n) is 3.56. The molecule has 0 aliphatic carbocycles. The van der Waals surface area contributed by atoms with Gasteiger partial charge in [-0.2, -0.15) is 0 Å². The molecule has 0 aliphatic heterocycles. The van der Waals surface area contributed by atoms with Gasteiger partial charge in [0.15, 0.2) is 0 Å². The van der Waals surface area contributed by atoms with Crippen LogP contribution in [0, 0.1) is 0 Å². The van der Waals surface area contributed by atoms with E-state index in [0.29, 0.717) is 41.8 Å². The maximum absolute atomic E-state index is 11.9. The van der Waals surface area contributed by atoms with Crippen molar-refractivity contribution in [3.63, 3.8) is 0 Å². The van der Waals surface area contributed by atoms with E-state index < -0.39 is 11.9 Å². The van der Waals surface area contributed by atoms with Crippen LogP contribution in [-0.2, 0) is 14.3 Å². The van der Waals surface area contributed by atoms with Gasteiger partial charge in [-0.25, -0.2) is 9.59 Å². The van der Waals surface area contributed by atoms with Crippen molar-refractivity contribution in [3.8, 4) is 45.3 Å². The van der Waals surface area contributed by atoms with Crippen molar-refractivity contribution in [2.45, 2.75) is 27.7 Å². The van der Waals surface area contributed by atoms with Crippen molar-refractivity contribution in [3.05, 3.63) is 122 Å². The predicted octanol–water partition coefficient (Wildman–Crippen LogP) is 8.38. The van der Waals surface area contributed by atoms with Crippen LogP contribution in [0.25, 0.3) is 22.3 Å². The normalized spacial score (nSPS) is 10.5. The Balaban J connectivity index is 1.99. The largest absolute Gasteiger partial charge is 0.489 e. The molecule has 0 aliphatic rings. The molecule has 0 atom stereocenters. The Morgan fingerprint density at radius 2 is 1.07 bits per heavy atom. The van der Waals surface area contributed by atoms with E-state index in [4.69, 9.17) is 23.7 Å². The van der Waals surface area contributed by atoms with Crippen molar-refractivity contribution in [2.75, 3.05) is 13.2 Å². The van der Waals surface area contributed by atoms with Crippen LogP contribution < -0.4 is 18.9 Å². The molecular weight excluding hydrogens is 544 g/mol. The van der Waals surface area contributed by atoms with Gasteiger partial charge in [0.2, 0.25) is 0 Å². The summed E-state index contributed by atoms with van der Waals surface area (Å²) in [5, 5.41) is 0. The summed E-state index contributed by atoms with van der Waals surface area (Å²) in [6.07, 6.45) is 2.44. The molecule has 3 aromatic rings. The quantitative estimate of drug-likeness (QED) is 0.0623. The third kappa shape index (κ3) is 9.64. The van der Waals surface area contributed by atoms with E-state index in [-0.39, 0.29) is 5.57 Å². The van der Waals surface area contributed by atoms with E-state index in [0.717, 1.165) is 39.7 Å². The summed E-state index contributed by atoms with van der Waals surface area (Å²) >= 11 is 0. The van der Waals surface area contributed by atoms with E-state index in [9.17, 15) is 9.59 Å². The highest BCUT2D eigenvalue weighted by Gasteiger charge is 2.17. The van der Waals surface area contributed by atoms with Crippen LogP contribution in [0.4, 0.5) is 0 Å². The Labute approximate surface area is 253 Å². The average molecular weight is 581 g/mol. The van der Waals surface area contributed by atoms with Gasteiger partial charge < -0.3 is 23.7 Å². The van der Waals surface area contributed by atoms with Gasteiger partial charge in [-0.15, -0.1) is 0 Å². The Kier molecular flexibility index (Phi) is 11.3. The van der Waals surface area contributed by atoms with Gasteiger partial charge in [-0.05, 0) is 86.4 Å². The molecule has 0 saturated heterocycles. The van der Waals surface area contributed by atoms with Gasteiger partial charge in [0.25, 0.3) is 0 Å². The minimum Gasteiger partial charge on any atom is -0.489 e.